The molecule has 5 heteroatoms. The summed E-state index contributed by atoms with van der Waals surface area (Å²) in [7, 11) is 2.02. The van der Waals surface area contributed by atoms with Gasteiger partial charge in [0.2, 0.25) is 0 Å². The van der Waals surface area contributed by atoms with Crippen LogP contribution in [0.3, 0.4) is 0 Å². The Morgan fingerprint density at radius 1 is 1.29 bits per heavy atom. The van der Waals surface area contributed by atoms with Gasteiger partial charge in [0, 0.05) is 18.7 Å². The highest BCUT2D eigenvalue weighted by molar-refractivity contribution is 5.27. The van der Waals surface area contributed by atoms with Crippen LogP contribution in [0.25, 0.3) is 0 Å². The minimum absolute atomic E-state index is 0.0607. The van der Waals surface area contributed by atoms with E-state index in [4.69, 9.17) is 9.26 Å². The minimum Gasteiger partial charge on any atom is -0.488 e. The van der Waals surface area contributed by atoms with Crippen LogP contribution in [0.1, 0.15) is 36.3 Å². The fraction of sp³-hybridized carbons (Fsp3) is 0.526. The number of aryl methyl sites for hydroxylation is 2. The van der Waals surface area contributed by atoms with E-state index in [0.717, 1.165) is 42.0 Å². The van der Waals surface area contributed by atoms with Crippen molar-refractivity contribution in [3.63, 3.8) is 0 Å². The van der Waals surface area contributed by atoms with Gasteiger partial charge in [-0.15, -0.1) is 0 Å². The summed E-state index contributed by atoms with van der Waals surface area (Å²) in [4.78, 5) is 2.15. The minimum atomic E-state index is -0.516. The summed E-state index contributed by atoms with van der Waals surface area (Å²) in [5.41, 5.74) is 2.05. The first-order valence-corrected chi connectivity index (χ1v) is 8.57. The number of rotatable bonds is 5. The van der Waals surface area contributed by atoms with Crippen LogP contribution < -0.4 is 4.74 Å². The predicted molar refractivity (Wildman–Crippen MR) is 91.9 cm³/mol. The van der Waals surface area contributed by atoms with E-state index in [2.05, 4.69) is 10.1 Å². The van der Waals surface area contributed by atoms with Crippen molar-refractivity contribution in [2.75, 3.05) is 7.05 Å². The smallest absolute Gasteiger partial charge is 0.133 e. The molecule has 1 aromatic carbocycles. The lowest BCUT2D eigenvalue weighted by Crippen LogP contribution is -2.51. The van der Waals surface area contributed by atoms with Gasteiger partial charge in [-0.05, 0) is 57.9 Å². The molecule has 1 aliphatic carbocycles. The lowest BCUT2D eigenvalue weighted by Gasteiger charge is -2.39. The molecule has 0 aliphatic heterocycles. The first-order chi connectivity index (χ1) is 11.5. The van der Waals surface area contributed by atoms with Gasteiger partial charge >= 0.3 is 0 Å². The fourth-order valence-electron chi connectivity index (χ4n) is 3.46. The Kier molecular flexibility index (Phi) is 5.21. The Labute approximate surface area is 143 Å². The van der Waals surface area contributed by atoms with E-state index < -0.39 is 6.10 Å². The summed E-state index contributed by atoms with van der Waals surface area (Å²) < 4.78 is 11.2. The average Bonchev–Trinajstić information content (AvgIpc) is 2.94. The van der Waals surface area contributed by atoms with Crippen LogP contribution in [0, 0.1) is 13.8 Å². The second-order valence-corrected chi connectivity index (χ2v) is 6.81. The van der Waals surface area contributed by atoms with Crippen molar-refractivity contribution >= 4 is 0 Å². The summed E-state index contributed by atoms with van der Waals surface area (Å²) in [6, 6.07) is 9.98. The summed E-state index contributed by atoms with van der Waals surface area (Å²) in [6.07, 6.45) is 2.19. The zero-order valence-electron chi connectivity index (χ0n) is 14.6. The second kappa shape index (κ2) is 7.36. The standard InChI is InChI=1S/C19H26N2O3/c1-13-6-4-7-16(10-13)23-18-9-5-8-17(19(18)22)21(3)12-15-11-14(2)24-20-15/h4,6-7,10-11,17-19,22H,5,8-9,12H2,1-3H3/t17-,18+,19+/m0/s1. The van der Waals surface area contributed by atoms with Gasteiger partial charge in [-0.3, -0.25) is 4.90 Å². The lowest BCUT2D eigenvalue weighted by atomic mass is 9.89. The summed E-state index contributed by atoms with van der Waals surface area (Å²) in [5, 5.41) is 14.8. The monoisotopic (exact) mass is 330 g/mol. The number of hydrogen-bond acceptors (Lipinski definition) is 5. The topological polar surface area (TPSA) is 58.7 Å². The zero-order chi connectivity index (χ0) is 17.1. The third-order valence-corrected chi connectivity index (χ3v) is 4.69. The molecule has 0 bridgehead atoms. The first-order valence-electron chi connectivity index (χ1n) is 8.57. The molecule has 1 fully saturated rings. The quantitative estimate of drug-likeness (QED) is 0.913. The SMILES string of the molecule is Cc1cccc(O[C@@H]2CCC[C@H](N(C)Cc3cc(C)on3)[C@H]2O)c1. The van der Waals surface area contributed by atoms with Crippen molar-refractivity contribution in [2.45, 2.75) is 57.9 Å². The number of benzene rings is 1. The molecule has 0 spiro atoms. The Morgan fingerprint density at radius 3 is 2.83 bits per heavy atom. The maximum absolute atomic E-state index is 10.8. The molecular weight excluding hydrogens is 304 g/mol. The number of aliphatic hydroxyl groups excluding tert-OH is 1. The number of ether oxygens (including phenoxy) is 1. The van der Waals surface area contributed by atoms with Gasteiger partial charge in [0.15, 0.2) is 0 Å². The molecule has 0 amide bonds. The van der Waals surface area contributed by atoms with Gasteiger partial charge in [-0.2, -0.15) is 0 Å². The Hall–Kier alpha value is -1.85. The Balaban J connectivity index is 1.64. The average molecular weight is 330 g/mol. The molecule has 130 valence electrons. The molecule has 0 radical (unpaired) electrons. The molecular formula is C19H26N2O3. The molecule has 1 N–H and O–H groups in total. The van der Waals surface area contributed by atoms with E-state index >= 15 is 0 Å². The molecule has 5 nitrogen and oxygen atoms in total. The van der Waals surface area contributed by atoms with Crippen molar-refractivity contribution in [1.29, 1.82) is 0 Å². The van der Waals surface area contributed by atoms with E-state index in [0.29, 0.717) is 6.54 Å². The van der Waals surface area contributed by atoms with Crippen LogP contribution in [0.4, 0.5) is 0 Å². The van der Waals surface area contributed by atoms with Crippen LogP contribution >= 0.6 is 0 Å². The molecule has 2 aromatic rings. The molecule has 1 aromatic heterocycles. The maximum atomic E-state index is 10.8. The number of hydrogen-bond donors (Lipinski definition) is 1. The van der Waals surface area contributed by atoms with E-state index in [9.17, 15) is 5.11 Å². The molecule has 0 unspecified atom stereocenters. The van der Waals surface area contributed by atoms with Gasteiger partial charge in [-0.25, -0.2) is 0 Å². The van der Waals surface area contributed by atoms with E-state index in [-0.39, 0.29) is 12.1 Å². The van der Waals surface area contributed by atoms with Gasteiger partial charge in [0.05, 0.1) is 5.69 Å². The highest BCUT2D eigenvalue weighted by Crippen LogP contribution is 2.28. The highest BCUT2D eigenvalue weighted by atomic mass is 16.5. The normalized spacial score (nSPS) is 24.3. The van der Waals surface area contributed by atoms with E-state index in [1.807, 2.05) is 51.2 Å². The van der Waals surface area contributed by atoms with E-state index in [1.165, 1.54) is 0 Å². The van der Waals surface area contributed by atoms with Crippen LogP contribution in [0.5, 0.6) is 5.75 Å². The van der Waals surface area contributed by atoms with Crippen LogP contribution in [0.2, 0.25) is 0 Å². The predicted octanol–water partition coefficient (Wildman–Crippen LogP) is 3.08. The molecule has 24 heavy (non-hydrogen) atoms. The Morgan fingerprint density at radius 2 is 2.12 bits per heavy atom. The van der Waals surface area contributed by atoms with Gasteiger partial charge in [0.1, 0.15) is 23.7 Å². The second-order valence-electron chi connectivity index (χ2n) is 6.81. The zero-order valence-corrected chi connectivity index (χ0v) is 14.6. The highest BCUT2D eigenvalue weighted by Gasteiger charge is 2.35. The van der Waals surface area contributed by atoms with Crippen molar-refractivity contribution in [3.8, 4) is 5.75 Å². The Bertz CT molecular complexity index is 670. The fourth-order valence-corrected chi connectivity index (χ4v) is 3.46. The summed E-state index contributed by atoms with van der Waals surface area (Å²) >= 11 is 0. The third kappa shape index (κ3) is 3.97. The molecule has 1 heterocycles. The van der Waals surface area contributed by atoms with Crippen molar-refractivity contribution in [3.05, 3.63) is 47.3 Å². The van der Waals surface area contributed by atoms with Crippen LogP contribution in [-0.2, 0) is 6.54 Å². The molecule has 3 atom stereocenters. The summed E-state index contributed by atoms with van der Waals surface area (Å²) in [6.45, 7) is 4.59. The molecule has 0 saturated heterocycles. The van der Waals surface area contributed by atoms with Crippen molar-refractivity contribution in [1.82, 2.24) is 10.1 Å². The van der Waals surface area contributed by atoms with Gasteiger partial charge in [0.25, 0.3) is 0 Å². The van der Waals surface area contributed by atoms with Crippen molar-refractivity contribution in [2.24, 2.45) is 0 Å². The molecule has 3 rings (SSSR count). The van der Waals surface area contributed by atoms with Gasteiger partial charge in [-0.1, -0.05) is 17.3 Å². The number of likely N-dealkylation sites (N-methyl/N-ethyl adjacent to an activating group) is 1. The van der Waals surface area contributed by atoms with Crippen LogP contribution in [0.15, 0.2) is 34.9 Å². The first kappa shape index (κ1) is 17.0. The number of nitrogens with zero attached hydrogens (tertiary/aromatic N) is 2. The number of aliphatic hydroxyl groups is 1. The van der Waals surface area contributed by atoms with E-state index in [1.54, 1.807) is 0 Å². The lowest BCUT2D eigenvalue weighted by molar-refractivity contribution is -0.0495. The third-order valence-electron chi connectivity index (χ3n) is 4.69. The largest absolute Gasteiger partial charge is 0.488 e. The molecule has 1 saturated carbocycles. The maximum Gasteiger partial charge on any atom is 0.133 e. The number of aromatic nitrogens is 1. The summed E-state index contributed by atoms with van der Waals surface area (Å²) in [5.74, 6) is 1.64. The molecule has 1 aliphatic rings. The van der Waals surface area contributed by atoms with Gasteiger partial charge < -0.3 is 14.4 Å². The van der Waals surface area contributed by atoms with Crippen LogP contribution in [-0.4, -0.2) is 40.5 Å². The van der Waals surface area contributed by atoms with Crippen molar-refractivity contribution < 1.29 is 14.4 Å².